The van der Waals surface area contributed by atoms with Crippen LogP contribution in [0.2, 0.25) is 0 Å². The third-order valence-corrected chi connectivity index (χ3v) is 3.93. The largest absolute Gasteiger partial charge is 0.481 e. The van der Waals surface area contributed by atoms with Gasteiger partial charge in [-0.05, 0) is 38.5 Å². The number of hydrogen-bond donors (Lipinski definition) is 1. The molecule has 0 bridgehead atoms. The number of aliphatic carboxylic acids is 1. The summed E-state index contributed by atoms with van der Waals surface area (Å²) in [4.78, 5) is 14.9. The number of hydrogen-bond acceptors (Lipinski definition) is 5. The Morgan fingerprint density at radius 3 is 2.80 bits per heavy atom. The fourth-order valence-electron chi connectivity index (χ4n) is 2.69. The van der Waals surface area contributed by atoms with Gasteiger partial charge in [-0.25, -0.2) is 0 Å². The zero-order valence-corrected chi connectivity index (χ0v) is 12.1. The van der Waals surface area contributed by atoms with E-state index in [1.165, 1.54) is 0 Å². The van der Waals surface area contributed by atoms with Crippen molar-refractivity contribution in [1.29, 1.82) is 0 Å². The van der Waals surface area contributed by atoms with E-state index in [9.17, 15) is 4.79 Å². The van der Waals surface area contributed by atoms with Gasteiger partial charge < -0.3 is 14.4 Å². The number of nitrogens with zero attached hydrogens (tertiary/aromatic N) is 2. The fraction of sp³-hybridized carbons (Fsp3) is 0.786. The molecule has 0 amide bonds. The molecule has 20 heavy (non-hydrogen) atoms. The minimum Gasteiger partial charge on any atom is -0.481 e. The highest BCUT2D eigenvalue weighted by Gasteiger charge is 2.40. The van der Waals surface area contributed by atoms with Crippen LogP contribution < -0.4 is 0 Å². The van der Waals surface area contributed by atoms with Crippen LogP contribution >= 0.6 is 0 Å². The summed E-state index contributed by atoms with van der Waals surface area (Å²) in [6, 6.07) is 0. The van der Waals surface area contributed by atoms with Crippen molar-refractivity contribution in [2.75, 3.05) is 6.61 Å². The molecule has 1 aromatic rings. The molecular weight excluding hydrogens is 260 g/mol. The predicted molar refractivity (Wildman–Crippen MR) is 71.2 cm³/mol. The van der Waals surface area contributed by atoms with Gasteiger partial charge in [0.1, 0.15) is 5.60 Å². The number of ether oxygens (including phenoxy) is 1. The Labute approximate surface area is 118 Å². The molecule has 0 atom stereocenters. The third kappa shape index (κ3) is 3.36. The van der Waals surface area contributed by atoms with E-state index in [1.807, 2.05) is 6.92 Å². The van der Waals surface area contributed by atoms with Crippen LogP contribution in [0, 0.1) is 5.92 Å². The minimum absolute atomic E-state index is 0.000300. The van der Waals surface area contributed by atoms with Crippen LogP contribution in [0.3, 0.4) is 0 Å². The monoisotopic (exact) mass is 282 g/mol. The van der Waals surface area contributed by atoms with E-state index >= 15 is 0 Å². The quantitative estimate of drug-likeness (QED) is 0.863. The maximum atomic E-state index is 10.6. The first-order valence-corrected chi connectivity index (χ1v) is 7.24. The number of rotatable bonds is 6. The molecule has 0 radical (unpaired) electrons. The Hall–Kier alpha value is -1.43. The van der Waals surface area contributed by atoms with Crippen molar-refractivity contribution in [3.8, 4) is 0 Å². The van der Waals surface area contributed by atoms with Gasteiger partial charge in [0.25, 0.3) is 0 Å². The highest BCUT2D eigenvalue weighted by Crippen LogP contribution is 2.41. The van der Waals surface area contributed by atoms with Gasteiger partial charge in [-0.3, -0.25) is 4.79 Å². The molecular formula is C14H22N2O4. The molecule has 1 aliphatic carbocycles. The number of carbonyl (C=O) groups is 1. The summed E-state index contributed by atoms with van der Waals surface area (Å²) in [7, 11) is 0. The van der Waals surface area contributed by atoms with Crippen molar-refractivity contribution in [3.05, 3.63) is 11.7 Å². The Bertz CT molecular complexity index is 450. The zero-order valence-electron chi connectivity index (χ0n) is 12.1. The second-order valence-corrected chi connectivity index (χ2v) is 5.52. The average molecular weight is 282 g/mol. The molecule has 0 unspecified atom stereocenters. The van der Waals surface area contributed by atoms with Crippen molar-refractivity contribution in [3.63, 3.8) is 0 Å². The summed E-state index contributed by atoms with van der Waals surface area (Å²) in [5, 5.41) is 12.7. The first kappa shape index (κ1) is 15.0. The first-order chi connectivity index (χ1) is 9.55. The van der Waals surface area contributed by atoms with Crippen LogP contribution in [0.15, 0.2) is 4.52 Å². The van der Waals surface area contributed by atoms with E-state index < -0.39 is 11.6 Å². The molecule has 0 aliphatic heterocycles. The zero-order chi connectivity index (χ0) is 14.6. The smallest absolute Gasteiger partial charge is 0.303 e. The lowest BCUT2D eigenvalue weighted by Crippen LogP contribution is -2.35. The van der Waals surface area contributed by atoms with E-state index in [0.29, 0.717) is 24.2 Å². The molecule has 0 saturated heterocycles. The van der Waals surface area contributed by atoms with E-state index in [0.717, 1.165) is 25.7 Å². The molecule has 6 nitrogen and oxygen atoms in total. The summed E-state index contributed by atoms with van der Waals surface area (Å²) >= 11 is 0. The lowest BCUT2D eigenvalue weighted by Gasteiger charge is -2.36. The van der Waals surface area contributed by atoms with Crippen molar-refractivity contribution in [2.45, 2.75) is 58.0 Å². The van der Waals surface area contributed by atoms with E-state index in [1.54, 1.807) is 0 Å². The number of aryl methyl sites for hydroxylation is 1. The van der Waals surface area contributed by atoms with Gasteiger partial charge in [0.2, 0.25) is 11.7 Å². The number of aromatic nitrogens is 2. The van der Waals surface area contributed by atoms with Crippen LogP contribution in [0.1, 0.15) is 57.7 Å². The molecule has 6 heteroatoms. The molecule has 1 N–H and O–H groups in total. The summed E-state index contributed by atoms with van der Waals surface area (Å²) in [6.07, 6.45) is 4.21. The number of carboxylic acids is 1. The van der Waals surface area contributed by atoms with Gasteiger partial charge in [-0.15, -0.1) is 0 Å². The Kier molecular flexibility index (Phi) is 4.75. The Morgan fingerprint density at radius 1 is 1.50 bits per heavy atom. The average Bonchev–Trinajstić information content (AvgIpc) is 2.89. The molecule has 0 aromatic carbocycles. The van der Waals surface area contributed by atoms with Gasteiger partial charge in [0, 0.05) is 13.0 Å². The van der Waals surface area contributed by atoms with Gasteiger partial charge in [-0.1, -0.05) is 12.1 Å². The lowest BCUT2D eigenvalue weighted by atomic mass is 9.79. The molecule has 1 fully saturated rings. The highest BCUT2D eigenvalue weighted by atomic mass is 16.5. The molecule has 1 aliphatic rings. The molecule has 112 valence electrons. The third-order valence-electron chi connectivity index (χ3n) is 3.93. The van der Waals surface area contributed by atoms with Gasteiger partial charge in [0.05, 0.1) is 6.42 Å². The van der Waals surface area contributed by atoms with Crippen LogP contribution in [-0.4, -0.2) is 27.8 Å². The van der Waals surface area contributed by atoms with Crippen LogP contribution in [0.25, 0.3) is 0 Å². The van der Waals surface area contributed by atoms with Crippen molar-refractivity contribution < 1.29 is 19.2 Å². The Balaban J connectivity index is 2.11. The molecule has 0 spiro atoms. The van der Waals surface area contributed by atoms with Gasteiger partial charge in [-0.2, -0.15) is 4.98 Å². The maximum absolute atomic E-state index is 10.6. The minimum atomic E-state index is -0.865. The predicted octanol–water partition coefficient (Wildman–Crippen LogP) is 2.53. The standard InChI is InChI=1S/C14H22N2O4/c1-3-19-14(8-6-10(2)7-9-14)13-15-11(20-16-13)4-5-12(17)18/h10H,3-9H2,1-2H3,(H,17,18). The Morgan fingerprint density at radius 2 is 2.20 bits per heavy atom. The topological polar surface area (TPSA) is 85.5 Å². The van der Waals surface area contributed by atoms with Crippen molar-refractivity contribution in [1.82, 2.24) is 10.1 Å². The maximum Gasteiger partial charge on any atom is 0.303 e. The first-order valence-electron chi connectivity index (χ1n) is 7.24. The normalized spacial score (nSPS) is 26.6. The van der Waals surface area contributed by atoms with Crippen molar-refractivity contribution in [2.24, 2.45) is 5.92 Å². The summed E-state index contributed by atoms with van der Waals surface area (Å²) in [6.45, 7) is 4.81. The van der Waals surface area contributed by atoms with Crippen LogP contribution in [-0.2, 0) is 21.6 Å². The number of carboxylic acid groups (broad SMARTS) is 1. The van der Waals surface area contributed by atoms with Gasteiger partial charge in [0.15, 0.2) is 0 Å². The lowest BCUT2D eigenvalue weighted by molar-refractivity contribution is -0.137. The van der Waals surface area contributed by atoms with Crippen molar-refractivity contribution >= 4 is 5.97 Å². The summed E-state index contributed by atoms with van der Waals surface area (Å²) < 4.78 is 11.1. The summed E-state index contributed by atoms with van der Waals surface area (Å²) in [5.74, 6) is 0.782. The van der Waals surface area contributed by atoms with Crippen LogP contribution in [0.4, 0.5) is 0 Å². The van der Waals surface area contributed by atoms with E-state index in [2.05, 4.69) is 17.1 Å². The second-order valence-electron chi connectivity index (χ2n) is 5.52. The summed E-state index contributed by atoms with van der Waals surface area (Å²) in [5.41, 5.74) is -0.452. The van der Waals surface area contributed by atoms with Gasteiger partial charge >= 0.3 is 5.97 Å². The fourth-order valence-corrected chi connectivity index (χ4v) is 2.69. The molecule has 1 aromatic heterocycles. The van der Waals surface area contributed by atoms with E-state index in [4.69, 9.17) is 14.4 Å². The SMILES string of the molecule is CCOC1(c2noc(CCC(=O)O)n2)CCC(C)CC1. The molecule has 1 saturated carbocycles. The highest BCUT2D eigenvalue weighted by molar-refractivity contribution is 5.66. The second kappa shape index (κ2) is 6.35. The molecule has 1 heterocycles. The van der Waals surface area contributed by atoms with E-state index in [-0.39, 0.29) is 12.8 Å². The molecule has 2 rings (SSSR count). The van der Waals surface area contributed by atoms with Crippen LogP contribution in [0.5, 0.6) is 0 Å².